The fourth-order valence-corrected chi connectivity index (χ4v) is 4.29. The quantitative estimate of drug-likeness (QED) is 0.248. The number of halogens is 3. The Labute approximate surface area is 205 Å². The molecule has 1 fully saturated rings. The Hall–Kier alpha value is -2.99. The van der Waals surface area contributed by atoms with E-state index in [4.69, 9.17) is 39.5 Å². The minimum Gasteiger partial charge on any atom is -0.507 e. The Balaban J connectivity index is 2.00. The number of para-hydroxylation sites is 1. The number of carbonyl (C=O) groups is 2. The molecule has 8 heteroatoms. The standard InChI is InChI=1S/C25H18Cl3NO4/c1-13-7-9-15(12-18(13)27)29-22(16-5-3-4-6-20(16)33-2)21(24(31)25(29)32)23(30)14-8-10-17(26)19(28)11-14/h3-12,22,30H,1-2H3/b23-21+. The van der Waals surface area contributed by atoms with Crippen molar-refractivity contribution in [2.75, 3.05) is 12.0 Å². The van der Waals surface area contributed by atoms with Gasteiger partial charge in [0.15, 0.2) is 0 Å². The van der Waals surface area contributed by atoms with Crippen LogP contribution in [-0.4, -0.2) is 23.9 Å². The molecular weight excluding hydrogens is 485 g/mol. The van der Waals surface area contributed by atoms with Crippen molar-refractivity contribution < 1.29 is 19.4 Å². The topological polar surface area (TPSA) is 66.8 Å². The van der Waals surface area contributed by atoms with Crippen LogP contribution in [-0.2, 0) is 9.59 Å². The monoisotopic (exact) mass is 501 g/mol. The number of Topliss-reactive ketones (excluding diaryl/α,β-unsaturated/α-hetero) is 1. The van der Waals surface area contributed by atoms with Gasteiger partial charge in [-0.3, -0.25) is 14.5 Å². The molecule has 1 N–H and O–H groups in total. The van der Waals surface area contributed by atoms with Crippen LogP contribution >= 0.6 is 34.8 Å². The number of carbonyl (C=O) groups excluding carboxylic acids is 2. The molecule has 1 amide bonds. The van der Waals surface area contributed by atoms with Crippen molar-refractivity contribution in [2.45, 2.75) is 13.0 Å². The molecule has 1 atom stereocenters. The van der Waals surface area contributed by atoms with Crippen molar-refractivity contribution in [3.63, 3.8) is 0 Å². The van der Waals surface area contributed by atoms with Crippen LogP contribution in [0.25, 0.3) is 5.76 Å². The van der Waals surface area contributed by atoms with Gasteiger partial charge in [0.05, 0.1) is 28.8 Å². The zero-order valence-corrected chi connectivity index (χ0v) is 19.9. The molecule has 5 nitrogen and oxygen atoms in total. The molecule has 4 rings (SSSR count). The second-order valence-electron chi connectivity index (χ2n) is 7.47. The van der Waals surface area contributed by atoms with Crippen molar-refractivity contribution in [3.8, 4) is 5.75 Å². The summed E-state index contributed by atoms with van der Waals surface area (Å²) in [4.78, 5) is 27.8. The number of rotatable bonds is 4. The molecule has 3 aromatic carbocycles. The lowest BCUT2D eigenvalue weighted by atomic mass is 9.94. The summed E-state index contributed by atoms with van der Waals surface area (Å²) in [6, 6.07) is 15.6. The Kier molecular flexibility index (Phi) is 6.39. The van der Waals surface area contributed by atoms with Crippen LogP contribution < -0.4 is 9.64 Å². The predicted octanol–water partition coefficient (Wildman–Crippen LogP) is 6.59. The fraction of sp³-hybridized carbons (Fsp3) is 0.120. The van der Waals surface area contributed by atoms with E-state index in [-0.39, 0.29) is 21.9 Å². The van der Waals surface area contributed by atoms with E-state index >= 15 is 0 Å². The molecule has 0 aromatic heterocycles. The van der Waals surface area contributed by atoms with E-state index in [0.717, 1.165) is 5.56 Å². The highest BCUT2D eigenvalue weighted by Crippen LogP contribution is 2.45. The highest BCUT2D eigenvalue weighted by Gasteiger charge is 2.48. The van der Waals surface area contributed by atoms with Gasteiger partial charge < -0.3 is 9.84 Å². The number of aliphatic hydroxyl groups is 1. The number of methoxy groups -OCH3 is 1. The summed E-state index contributed by atoms with van der Waals surface area (Å²) < 4.78 is 5.51. The number of benzene rings is 3. The average Bonchev–Trinajstić information content (AvgIpc) is 3.07. The molecule has 33 heavy (non-hydrogen) atoms. The number of hydrogen-bond acceptors (Lipinski definition) is 4. The van der Waals surface area contributed by atoms with Crippen LogP contribution in [0.5, 0.6) is 5.75 Å². The minimum atomic E-state index is -0.964. The molecule has 0 bridgehead atoms. The maximum Gasteiger partial charge on any atom is 0.300 e. The van der Waals surface area contributed by atoms with Crippen LogP contribution in [0.3, 0.4) is 0 Å². The Morgan fingerprint density at radius 1 is 0.939 bits per heavy atom. The lowest BCUT2D eigenvalue weighted by Crippen LogP contribution is -2.29. The molecule has 3 aromatic rings. The van der Waals surface area contributed by atoms with Crippen molar-refractivity contribution in [3.05, 3.63) is 98.0 Å². The summed E-state index contributed by atoms with van der Waals surface area (Å²) in [5.74, 6) is -1.56. The fourth-order valence-electron chi connectivity index (χ4n) is 3.82. The van der Waals surface area contributed by atoms with E-state index in [9.17, 15) is 14.7 Å². The third kappa shape index (κ3) is 4.08. The number of amides is 1. The highest BCUT2D eigenvalue weighted by atomic mass is 35.5. The first-order valence-electron chi connectivity index (χ1n) is 9.90. The first kappa shape index (κ1) is 23.2. The van der Waals surface area contributed by atoms with E-state index < -0.39 is 17.7 Å². The molecule has 0 aliphatic carbocycles. The summed E-state index contributed by atoms with van der Waals surface area (Å²) in [6.45, 7) is 1.84. The van der Waals surface area contributed by atoms with Gasteiger partial charge in [0, 0.05) is 21.8 Å². The van der Waals surface area contributed by atoms with Gasteiger partial charge in [0.2, 0.25) is 0 Å². The van der Waals surface area contributed by atoms with Gasteiger partial charge in [-0.25, -0.2) is 0 Å². The van der Waals surface area contributed by atoms with Crippen molar-refractivity contribution in [2.24, 2.45) is 0 Å². The molecule has 168 valence electrons. The van der Waals surface area contributed by atoms with Gasteiger partial charge in [-0.15, -0.1) is 0 Å². The summed E-state index contributed by atoms with van der Waals surface area (Å²) in [5, 5.41) is 12.1. The number of ether oxygens (including phenoxy) is 1. The van der Waals surface area contributed by atoms with Crippen molar-refractivity contribution in [1.82, 2.24) is 0 Å². The second-order valence-corrected chi connectivity index (χ2v) is 8.70. The summed E-state index contributed by atoms with van der Waals surface area (Å²) in [5.41, 5.74) is 1.92. The first-order valence-corrected chi connectivity index (χ1v) is 11.0. The lowest BCUT2D eigenvalue weighted by molar-refractivity contribution is -0.132. The lowest BCUT2D eigenvalue weighted by Gasteiger charge is -2.27. The van der Waals surface area contributed by atoms with E-state index in [1.165, 1.54) is 30.2 Å². The van der Waals surface area contributed by atoms with E-state index in [0.29, 0.717) is 27.0 Å². The van der Waals surface area contributed by atoms with Crippen molar-refractivity contribution in [1.29, 1.82) is 0 Å². The number of nitrogens with zero attached hydrogens (tertiary/aromatic N) is 1. The number of aliphatic hydroxyl groups excluding tert-OH is 1. The number of ketones is 1. The SMILES string of the molecule is COc1ccccc1C1/C(=C(\O)c2ccc(Cl)c(Cl)c2)C(=O)C(=O)N1c1ccc(C)c(Cl)c1. The molecule has 1 unspecified atom stereocenters. The Bertz CT molecular complexity index is 1320. The Morgan fingerprint density at radius 3 is 2.33 bits per heavy atom. The third-order valence-electron chi connectivity index (χ3n) is 5.50. The molecule has 1 aliphatic rings. The maximum absolute atomic E-state index is 13.3. The van der Waals surface area contributed by atoms with E-state index in [2.05, 4.69) is 0 Å². The molecule has 1 saturated heterocycles. The van der Waals surface area contributed by atoms with Gasteiger partial charge in [-0.1, -0.05) is 59.1 Å². The summed E-state index contributed by atoms with van der Waals surface area (Å²) in [6.07, 6.45) is 0. The highest BCUT2D eigenvalue weighted by molar-refractivity contribution is 6.52. The van der Waals surface area contributed by atoms with Gasteiger partial charge in [0.1, 0.15) is 11.5 Å². The second kappa shape index (κ2) is 9.10. The largest absolute Gasteiger partial charge is 0.507 e. The van der Waals surface area contributed by atoms with Crippen LogP contribution in [0.15, 0.2) is 66.2 Å². The third-order valence-corrected chi connectivity index (χ3v) is 6.65. The van der Waals surface area contributed by atoms with Crippen LogP contribution in [0.2, 0.25) is 15.1 Å². The van der Waals surface area contributed by atoms with E-state index in [1.54, 1.807) is 42.5 Å². The number of hydrogen-bond donors (Lipinski definition) is 1. The zero-order chi connectivity index (χ0) is 23.9. The Morgan fingerprint density at radius 2 is 1.67 bits per heavy atom. The van der Waals surface area contributed by atoms with Gasteiger partial charge in [-0.2, -0.15) is 0 Å². The predicted molar refractivity (Wildman–Crippen MR) is 130 cm³/mol. The van der Waals surface area contributed by atoms with Crippen LogP contribution in [0.4, 0.5) is 5.69 Å². The molecule has 1 aliphatic heterocycles. The molecular formula is C25H18Cl3NO4. The van der Waals surface area contributed by atoms with Crippen molar-refractivity contribution >= 4 is 57.9 Å². The van der Waals surface area contributed by atoms with Crippen LogP contribution in [0, 0.1) is 6.92 Å². The summed E-state index contributed by atoms with van der Waals surface area (Å²) in [7, 11) is 1.49. The number of anilines is 1. The summed E-state index contributed by atoms with van der Waals surface area (Å²) >= 11 is 18.4. The average molecular weight is 503 g/mol. The zero-order valence-electron chi connectivity index (χ0n) is 17.6. The minimum absolute atomic E-state index is 0.0976. The normalized spacial score (nSPS) is 17.5. The molecule has 0 spiro atoms. The van der Waals surface area contributed by atoms with Gasteiger partial charge in [0.25, 0.3) is 11.7 Å². The van der Waals surface area contributed by atoms with E-state index in [1.807, 2.05) is 6.92 Å². The molecule has 0 radical (unpaired) electrons. The van der Waals surface area contributed by atoms with Gasteiger partial charge in [-0.05, 0) is 48.9 Å². The number of aryl methyl sites for hydroxylation is 1. The smallest absolute Gasteiger partial charge is 0.300 e. The first-order chi connectivity index (χ1) is 15.7. The maximum atomic E-state index is 13.3. The molecule has 1 heterocycles. The van der Waals surface area contributed by atoms with Gasteiger partial charge >= 0.3 is 0 Å². The van der Waals surface area contributed by atoms with Crippen LogP contribution in [0.1, 0.15) is 22.7 Å². The molecule has 0 saturated carbocycles.